The predicted octanol–water partition coefficient (Wildman–Crippen LogP) is -8.00. The molecular weight excluding hydrogens is 342 g/mol. The van der Waals surface area contributed by atoms with Gasteiger partial charge >= 0.3 is 138 Å². The Morgan fingerprint density at radius 1 is 1.17 bits per heavy atom. The Hall–Kier alpha value is 3.79. The second-order valence-electron chi connectivity index (χ2n) is 0.250. The number of hydrogen-bond donors (Lipinski definition) is 0. The topological polar surface area (TPSA) is 46.1 Å². The number of thiocarbonyl (C=S) groups is 1. The number of rotatable bonds is 0. The fourth-order valence-corrected chi connectivity index (χ4v) is 0. The minimum Gasteiger partial charge on any atom is -0.876 e. The van der Waals surface area contributed by atoms with Crippen LogP contribution in [0.3, 0.4) is 0 Å². The fourth-order valence-electron chi connectivity index (χ4n) is 0. The Morgan fingerprint density at radius 3 is 1.17 bits per heavy atom. The molecule has 0 spiro atoms. The molecule has 0 atom stereocenters. The van der Waals surface area contributed by atoms with Crippen LogP contribution in [-0.2, 0) is 0 Å². The van der Waals surface area contributed by atoms with Crippen molar-refractivity contribution in [3.05, 3.63) is 0 Å². The molecule has 0 saturated carbocycles. The van der Waals surface area contributed by atoms with Gasteiger partial charge in [0.2, 0.25) is 0 Å². The van der Waals surface area contributed by atoms with Gasteiger partial charge in [0.05, 0.1) is 0 Å². The van der Waals surface area contributed by atoms with Crippen molar-refractivity contribution in [1.82, 2.24) is 0 Å². The van der Waals surface area contributed by atoms with Crippen LogP contribution in [0.1, 0.15) is 0 Å². The molecular formula is CCs2O2S. The molecule has 0 aromatic rings. The maximum Gasteiger partial charge on any atom is 1.00 e. The predicted molar refractivity (Wildman–Crippen MR) is 12.6 cm³/mol. The van der Waals surface area contributed by atoms with Crippen molar-refractivity contribution in [2.45, 2.75) is 0 Å². The molecule has 24 valence electrons. The maximum atomic E-state index is 8.70. The van der Waals surface area contributed by atoms with Gasteiger partial charge in [0.15, 0.2) is 0 Å². The van der Waals surface area contributed by atoms with Crippen LogP contribution in [0.5, 0.6) is 0 Å². The van der Waals surface area contributed by atoms with E-state index in [4.69, 9.17) is 10.2 Å². The quantitative estimate of drug-likeness (QED) is 0.411. The van der Waals surface area contributed by atoms with Crippen LogP contribution >= 0.6 is 12.2 Å². The normalized spacial score (nSPS) is 4.00. The van der Waals surface area contributed by atoms with Crippen LogP contribution in [0, 0.1) is 0 Å². The van der Waals surface area contributed by atoms with Gasteiger partial charge in [-0.15, -0.1) is 17.5 Å². The summed E-state index contributed by atoms with van der Waals surface area (Å²) in [6.45, 7) is 0. The van der Waals surface area contributed by atoms with Crippen LogP contribution in [0.15, 0.2) is 0 Å². The summed E-state index contributed by atoms with van der Waals surface area (Å²) >= 11 is 3.43. The molecule has 2 nitrogen and oxygen atoms in total. The Bertz CT molecular complexity index is 34.5. The van der Waals surface area contributed by atoms with Crippen LogP contribution in [0.4, 0.5) is 0 Å². The summed E-state index contributed by atoms with van der Waals surface area (Å²) in [6.07, 6.45) is 0. The maximum absolute atomic E-state index is 8.70. The van der Waals surface area contributed by atoms with Gasteiger partial charge in [0, 0.05) is 0 Å². The molecule has 0 aliphatic heterocycles. The molecule has 5 heteroatoms. The van der Waals surface area contributed by atoms with Crippen molar-refractivity contribution in [2.24, 2.45) is 0 Å². The van der Waals surface area contributed by atoms with E-state index in [9.17, 15) is 0 Å². The number of hydrogen-bond acceptors (Lipinski definition) is 3. The minimum atomic E-state index is -1.50. The molecule has 0 saturated heterocycles. The van der Waals surface area contributed by atoms with Crippen LogP contribution in [-0.4, -0.2) is 5.24 Å². The van der Waals surface area contributed by atoms with Crippen molar-refractivity contribution in [3.63, 3.8) is 0 Å². The van der Waals surface area contributed by atoms with E-state index in [0.29, 0.717) is 0 Å². The molecule has 0 heterocycles. The Morgan fingerprint density at radius 2 is 1.17 bits per heavy atom. The summed E-state index contributed by atoms with van der Waals surface area (Å²) in [5.74, 6) is 0. The molecule has 0 amide bonds. The van der Waals surface area contributed by atoms with Gasteiger partial charge < -0.3 is 10.2 Å². The summed E-state index contributed by atoms with van der Waals surface area (Å²) in [7, 11) is 0. The van der Waals surface area contributed by atoms with E-state index in [0.717, 1.165) is 0 Å². The summed E-state index contributed by atoms with van der Waals surface area (Å²) < 4.78 is 0. The molecule has 0 bridgehead atoms. The minimum absolute atomic E-state index is 0. The van der Waals surface area contributed by atoms with Gasteiger partial charge in [-0.25, -0.2) is 0 Å². The Labute approximate surface area is 159 Å². The molecule has 0 aromatic carbocycles. The molecule has 0 rings (SSSR count). The summed E-state index contributed by atoms with van der Waals surface area (Å²) in [4.78, 5) is 0. The molecule has 0 aliphatic rings. The average molecular weight is 342 g/mol. The van der Waals surface area contributed by atoms with E-state index in [1.165, 1.54) is 0 Å². The van der Waals surface area contributed by atoms with Gasteiger partial charge in [-0.3, -0.25) is 0 Å². The van der Waals surface area contributed by atoms with Gasteiger partial charge in [0.1, 0.15) is 0 Å². The third-order valence-corrected chi connectivity index (χ3v) is 0. The molecule has 6 heavy (non-hydrogen) atoms. The molecule has 0 fully saturated rings. The molecule has 0 N–H and O–H groups in total. The van der Waals surface area contributed by atoms with Crippen molar-refractivity contribution >= 4 is 17.5 Å². The van der Waals surface area contributed by atoms with Crippen molar-refractivity contribution in [1.29, 1.82) is 0 Å². The first-order valence-corrected chi connectivity index (χ1v) is 1.02. The van der Waals surface area contributed by atoms with Gasteiger partial charge in [0.25, 0.3) is 0 Å². The van der Waals surface area contributed by atoms with Crippen molar-refractivity contribution < 1.29 is 148 Å². The third-order valence-electron chi connectivity index (χ3n) is 0. The largest absolute Gasteiger partial charge is 1.00 e. The zero-order valence-corrected chi connectivity index (χ0v) is 17.1. The zero-order chi connectivity index (χ0) is 3.58. The Balaban J connectivity index is -0.0000000450. The first kappa shape index (κ1) is 16.4. The molecule has 0 aliphatic carbocycles. The van der Waals surface area contributed by atoms with Crippen molar-refractivity contribution in [2.75, 3.05) is 0 Å². The molecule has 0 radical (unpaired) electrons. The van der Waals surface area contributed by atoms with Crippen LogP contribution in [0.2, 0.25) is 0 Å². The standard InChI is InChI=1S/CH2O2S.2Cs/c2-1(3)4;;/h(H2,2,3,4);;/q;2*+1/p-2. The van der Waals surface area contributed by atoms with E-state index < -0.39 is 5.24 Å². The second kappa shape index (κ2) is 11.6. The first-order chi connectivity index (χ1) is 1.73. The fraction of sp³-hybridized carbons (Fsp3) is 0. The van der Waals surface area contributed by atoms with Gasteiger partial charge in [-0.2, -0.15) is 0 Å². The monoisotopic (exact) mass is 342 g/mol. The second-order valence-corrected chi connectivity index (χ2v) is 0.583. The van der Waals surface area contributed by atoms with Crippen LogP contribution < -0.4 is 148 Å². The van der Waals surface area contributed by atoms with Crippen molar-refractivity contribution in [3.8, 4) is 0 Å². The van der Waals surface area contributed by atoms with Gasteiger partial charge in [-0.05, 0) is 0 Å². The van der Waals surface area contributed by atoms with E-state index in [2.05, 4.69) is 12.2 Å². The molecule has 0 unspecified atom stereocenters. The summed E-state index contributed by atoms with van der Waals surface area (Å²) in [5, 5.41) is 15.9. The zero-order valence-electron chi connectivity index (χ0n) is 3.72. The van der Waals surface area contributed by atoms with Gasteiger partial charge in [-0.1, -0.05) is 0 Å². The van der Waals surface area contributed by atoms with E-state index in [-0.39, 0.29) is 138 Å². The third kappa shape index (κ3) is 25.0. The summed E-state index contributed by atoms with van der Waals surface area (Å²) in [5.41, 5.74) is 0. The van der Waals surface area contributed by atoms with E-state index in [1.807, 2.05) is 0 Å². The molecule has 0 aromatic heterocycles. The average Bonchev–Trinajstić information content (AvgIpc) is 0.811. The van der Waals surface area contributed by atoms with E-state index >= 15 is 0 Å². The smallest absolute Gasteiger partial charge is 0.876 e. The van der Waals surface area contributed by atoms with E-state index in [1.54, 1.807) is 0 Å². The SMILES string of the molecule is [Cs+].[Cs+].[O-]C([O-])=S. The summed E-state index contributed by atoms with van der Waals surface area (Å²) in [6, 6.07) is 0. The van der Waals surface area contributed by atoms with Crippen LogP contribution in [0.25, 0.3) is 0 Å². The Kier molecular flexibility index (Phi) is 31.7. The first-order valence-electron chi connectivity index (χ1n) is 0.612.